The van der Waals surface area contributed by atoms with Crippen molar-refractivity contribution in [2.75, 3.05) is 13.2 Å². The van der Waals surface area contributed by atoms with E-state index in [9.17, 15) is 14.4 Å². The Bertz CT molecular complexity index is 1570. The number of esters is 3. The van der Waals surface area contributed by atoms with Crippen LogP contribution in [0.4, 0.5) is 0 Å². The molecular weight excluding hydrogens is 829 g/mol. The molecule has 0 fully saturated rings. The van der Waals surface area contributed by atoms with E-state index in [1.807, 2.05) is 12.2 Å². The van der Waals surface area contributed by atoms with Gasteiger partial charge >= 0.3 is 17.9 Å². The zero-order valence-corrected chi connectivity index (χ0v) is 42.3. The molecule has 0 amide bonds. The molecule has 6 nitrogen and oxygen atoms in total. The second-order valence-corrected chi connectivity index (χ2v) is 16.3. The summed E-state index contributed by atoms with van der Waals surface area (Å²) in [6, 6.07) is 0. The molecule has 372 valence electrons. The van der Waals surface area contributed by atoms with E-state index in [0.29, 0.717) is 19.3 Å². The standard InChI is InChI=1S/C61H92O6/c1-4-7-10-13-16-19-22-25-28-29-30-31-34-36-39-42-45-48-51-54-60(63)66-57-58(67-61(64)55-52-49-46-43-40-37-33-27-24-21-18-15-12-9-6-3)56-65-59(62)53-50-47-44-41-38-35-32-26-23-20-17-14-11-8-5-2/h7-8,10-11,16-21,25-28,30-33,36,38-41,43,45,48,58H,4-6,9,12-15,22-24,29,34-35,37,42,44,46-47,49-57H2,1-3H3/b10-7-,11-8-,19-16-,20-17-,21-18-,28-25-,31-30-,32-26-,33-27-,39-36-,41-38-,43-40-,48-45-/t58-/m0/s1. The molecule has 0 aliphatic rings. The first-order valence-electron chi connectivity index (χ1n) is 26.0. The molecule has 1 atom stereocenters. The van der Waals surface area contributed by atoms with Crippen molar-refractivity contribution in [1.82, 2.24) is 0 Å². The van der Waals surface area contributed by atoms with Gasteiger partial charge < -0.3 is 14.2 Å². The molecule has 0 aromatic heterocycles. The Morgan fingerprint density at radius 1 is 0.313 bits per heavy atom. The van der Waals surface area contributed by atoms with E-state index in [2.05, 4.69) is 167 Å². The minimum Gasteiger partial charge on any atom is -0.462 e. The topological polar surface area (TPSA) is 78.9 Å². The van der Waals surface area contributed by atoms with Crippen LogP contribution in [-0.4, -0.2) is 37.2 Å². The third kappa shape index (κ3) is 51.9. The van der Waals surface area contributed by atoms with Crippen LogP contribution in [0.2, 0.25) is 0 Å². The maximum absolute atomic E-state index is 12.8. The number of unbranched alkanes of at least 4 members (excludes halogenated alkanes) is 7. The molecular formula is C61H92O6. The molecule has 0 saturated carbocycles. The van der Waals surface area contributed by atoms with Crippen molar-refractivity contribution >= 4 is 17.9 Å². The lowest BCUT2D eigenvalue weighted by atomic mass is 10.1. The fraction of sp³-hybridized carbons (Fsp3) is 0.525. The first-order valence-corrected chi connectivity index (χ1v) is 26.0. The van der Waals surface area contributed by atoms with E-state index < -0.39 is 6.10 Å². The van der Waals surface area contributed by atoms with Crippen LogP contribution in [-0.2, 0) is 28.6 Å². The number of carbonyl (C=O) groups is 3. The number of carbonyl (C=O) groups excluding carboxylic acids is 3. The van der Waals surface area contributed by atoms with Gasteiger partial charge in [0, 0.05) is 19.3 Å². The maximum Gasteiger partial charge on any atom is 0.306 e. The minimum absolute atomic E-state index is 0.146. The van der Waals surface area contributed by atoms with Crippen LogP contribution in [0.5, 0.6) is 0 Å². The molecule has 0 radical (unpaired) electrons. The fourth-order valence-corrected chi connectivity index (χ4v) is 6.17. The van der Waals surface area contributed by atoms with Gasteiger partial charge in [-0.1, -0.05) is 192 Å². The molecule has 0 bridgehead atoms. The van der Waals surface area contributed by atoms with Crippen molar-refractivity contribution in [3.8, 4) is 0 Å². The lowest BCUT2D eigenvalue weighted by Gasteiger charge is -2.18. The van der Waals surface area contributed by atoms with E-state index in [4.69, 9.17) is 14.2 Å². The summed E-state index contributed by atoms with van der Waals surface area (Å²) in [5.74, 6) is -1.12. The molecule has 67 heavy (non-hydrogen) atoms. The van der Waals surface area contributed by atoms with E-state index >= 15 is 0 Å². The van der Waals surface area contributed by atoms with Crippen LogP contribution in [0, 0.1) is 0 Å². The molecule has 0 heterocycles. The predicted octanol–water partition coefficient (Wildman–Crippen LogP) is 17.4. The van der Waals surface area contributed by atoms with Crippen LogP contribution in [0.25, 0.3) is 0 Å². The van der Waals surface area contributed by atoms with Gasteiger partial charge in [0.15, 0.2) is 6.10 Å². The average Bonchev–Trinajstić information content (AvgIpc) is 3.33. The quantitative estimate of drug-likeness (QED) is 0.0262. The minimum atomic E-state index is -0.853. The molecule has 0 rings (SSSR count). The average molecular weight is 921 g/mol. The second kappa shape index (κ2) is 53.6. The van der Waals surface area contributed by atoms with Gasteiger partial charge in [-0.2, -0.15) is 0 Å². The summed E-state index contributed by atoms with van der Waals surface area (Å²) in [7, 11) is 0. The van der Waals surface area contributed by atoms with E-state index in [1.54, 1.807) is 0 Å². The Balaban J connectivity index is 4.66. The Morgan fingerprint density at radius 3 is 0.940 bits per heavy atom. The van der Waals surface area contributed by atoms with Crippen molar-refractivity contribution < 1.29 is 28.6 Å². The maximum atomic E-state index is 12.8. The summed E-state index contributed by atoms with van der Waals surface area (Å²) >= 11 is 0. The Hall–Kier alpha value is -4.97. The van der Waals surface area contributed by atoms with Gasteiger partial charge in [-0.3, -0.25) is 14.4 Å². The zero-order valence-electron chi connectivity index (χ0n) is 42.3. The van der Waals surface area contributed by atoms with Gasteiger partial charge in [0.05, 0.1) is 0 Å². The first kappa shape index (κ1) is 62.0. The Morgan fingerprint density at radius 2 is 0.597 bits per heavy atom. The molecule has 0 aromatic carbocycles. The molecule has 0 unspecified atom stereocenters. The van der Waals surface area contributed by atoms with Gasteiger partial charge in [0.1, 0.15) is 13.2 Å². The lowest BCUT2D eigenvalue weighted by Crippen LogP contribution is -2.30. The SMILES string of the molecule is CC/C=C\C/C=C\C/C=C\C/C=C\C/C=C\C/C=C\CCC(=O)OC[C@H](COC(=O)CCCC/C=C\C/C=C\C/C=C\C/C=C\CC)OC(=O)CCCC/C=C\C/C=C\C/C=C\CCCCC. The summed E-state index contributed by atoms with van der Waals surface area (Å²) in [6.07, 6.45) is 78.1. The molecule has 0 spiro atoms. The monoisotopic (exact) mass is 921 g/mol. The van der Waals surface area contributed by atoms with Gasteiger partial charge in [-0.25, -0.2) is 0 Å². The smallest absolute Gasteiger partial charge is 0.306 e. The highest BCUT2D eigenvalue weighted by atomic mass is 16.6. The summed E-state index contributed by atoms with van der Waals surface area (Å²) < 4.78 is 16.7. The number of allylic oxidation sites excluding steroid dienone is 26. The molecule has 6 heteroatoms. The number of rotatable bonds is 44. The van der Waals surface area contributed by atoms with Gasteiger partial charge in [-0.15, -0.1) is 0 Å². The summed E-state index contributed by atoms with van der Waals surface area (Å²) in [4.78, 5) is 38.0. The summed E-state index contributed by atoms with van der Waals surface area (Å²) in [5.41, 5.74) is 0. The second-order valence-electron chi connectivity index (χ2n) is 16.3. The summed E-state index contributed by atoms with van der Waals surface area (Å²) in [5, 5.41) is 0. The van der Waals surface area contributed by atoms with Gasteiger partial charge in [0.2, 0.25) is 0 Å². The highest BCUT2D eigenvalue weighted by Gasteiger charge is 2.19. The van der Waals surface area contributed by atoms with Gasteiger partial charge in [0.25, 0.3) is 0 Å². The van der Waals surface area contributed by atoms with Crippen LogP contribution in [0.15, 0.2) is 158 Å². The number of hydrogen-bond acceptors (Lipinski definition) is 6. The Kier molecular flexibility index (Phi) is 49.7. The lowest BCUT2D eigenvalue weighted by molar-refractivity contribution is -0.166. The fourth-order valence-electron chi connectivity index (χ4n) is 6.17. The largest absolute Gasteiger partial charge is 0.462 e. The first-order chi connectivity index (χ1) is 33.0. The van der Waals surface area contributed by atoms with Crippen molar-refractivity contribution in [2.24, 2.45) is 0 Å². The van der Waals surface area contributed by atoms with E-state index in [-0.39, 0.29) is 50.4 Å². The zero-order chi connectivity index (χ0) is 48.6. The van der Waals surface area contributed by atoms with E-state index in [1.165, 1.54) is 19.3 Å². The molecule has 0 N–H and O–H groups in total. The molecule has 0 aliphatic carbocycles. The van der Waals surface area contributed by atoms with Crippen LogP contribution in [0.3, 0.4) is 0 Å². The van der Waals surface area contributed by atoms with Crippen LogP contribution in [0.1, 0.15) is 188 Å². The third-order valence-corrected chi connectivity index (χ3v) is 10.0. The predicted molar refractivity (Wildman–Crippen MR) is 288 cm³/mol. The van der Waals surface area contributed by atoms with Gasteiger partial charge in [-0.05, 0) is 135 Å². The van der Waals surface area contributed by atoms with E-state index in [0.717, 1.165) is 109 Å². The normalized spacial score (nSPS) is 13.4. The number of ether oxygens (including phenoxy) is 3. The van der Waals surface area contributed by atoms with Crippen LogP contribution < -0.4 is 0 Å². The highest BCUT2D eigenvalue weighted by molar-refractivity contribution is 5.71. The van der Waals surface area contributed by atoms with Crippen molar-refractivity contribution in [1.29, 1.82) is 0 Å². The highest BCUT2D eigenvalue weighted by Crippen LogP contribution is 2.09. The van der Waals surface area contributed by atoms with Crippen molar-refractivity contribution in [2.45, 2.75) is 194 Å². The van der Waals surface area contributed by atoms with Crippen molar-refractivity contribution in [3.05, 3.63) is 158 Å². The van der Waals surface area contributed by atoms with Crippen LogP contribution >= 0.6 is 0 Å². The molecule has 0 aliphatic heterocycles. The Labute approximate surface area is 409 Å². The molecule has 0 saturated heterocycles. The third-order valence-electron chi connectivity index (χ3n) is 10.0. The number of hydrogen-bond donors (Lipinski definition) is 0. The molecule has 0 aromatic rings. The summed E-state index contributed by atoms with van der Waals surface area (Å²) in [6.45, 7) is 6.21. The van der Waals surface area contributed by atoms with Crippen molar-refractivity contribution in [3.63, 3.8) is 0 Å².